The Morgan fingerprint density at radius 1 is 1.33 bits per heavy atom. The van der Waals surface area contributed by atoms with Crippen molar-refractivity contribution in [2.45, 2.75) is 0 Å². The van der Waals surface area contributed by atoms with Crippen LogP contribution in [0.4, 0.5) is 0 Å². The van der Waals surface area contributed by atoms with Crippen LogP contribution in [-0.4, -0.2) is 30.9 Å². The fourth-order valence-electron chi connectivity index (χ4n) is 1.83. The molecule has 0 saturated carbocycles. The van der Waals surface area contributed by atoms with Gasteiger partial charge in [-0.15, -0.1) is 0 Å². The third-order valence-electron chi connectivity index (χ3n) is 2.97. The minimum Gasteiger partial charge on any atom is -0.504 e. The van der Waals surface area contributed by atoms with Gasteiger partial charge < -0.3 is 14.6 Å². The number of carbonyl (C=O) groups excluding carboxylic acids is 1. The third kappa shape index (κ3) is 4.48. The molecule has 2 aromatic rings. The highest BCUT2D eigenvalue weighted by molar-refractivity contribution is 5.83. The minimum atomic E-state index is -0.475. The van der Waals surface area contributed by atoms with Gasteiger partial charge in [0.15, 0.2) is 18.1 Å². The molecule has 2 rings (SSSR count). The molecule has 122 valence electrons. The molecule has 0 aliphatic carbocycles. The molecule has 0 fully saturated rings. The molecule has 2 aromatic carbocycles. The van der Waals surface area contributed by atoms with Crippen LogP contribution in [0.15, 0.2) is 47.6 Å². The fourth-order valence-corrected chi connectivity index (χ4v) is 1.83. The first-order chi connectivity index (χ1) is 11.6. The van der Waals surface area contributed by atoms with E-state index in [2.05, 4.69) is 10.5 Å². The number of benzene rings is 2. The lowest BCUT2D eigenvalue weighted by Crippen LogP contribution is -2.24. The topological polar surface area (TPSA) is 104 Å². The zero-order chi connectivity index (χ0) is 17.4. The Bertz CT molecular complexity index is 797. The second kappa shape index (κ2) is 8.19. The number of nitriles is 1. The van der Waals surface area contributed by atoms with Crippen LogP contribution < -0.4 is 14.9 Å². The normalized spacial score (nSPS) is 10.2. The molecule has 1 amide bonds. The molecule has 2 N–H and O–H groups in total. The van der Waals surface area contributed by atoms with Crippen LogP contribution in [0.3, 0.4) is 0 Å². The van der Waals surface area contributed by atoms with Gasteiger partial charge in [0.25, 0.3) is 5.91 Å². The van der Waals surface area contributed by atoms with Crippen molar-refractivity contribution in [3.05, 3.63) is 53.6 Å². The molecule has 0 radical (unpaired) electrons. The van der Waals surface area contributed by atoms with Gasteiger partial charge in [0, 0.05) is 0 Å². The summed E-state index contributed by atoms with van der Waals surface area (Å²) in [6.45, 7) is -0.274. The SMILES string of the molecule is COc1ccc(/C=N\NC(=O)COc2ccccc2C#N)cc1O. The van der Waals surface area contributed by atoms with Crippen molar-refractivity contribution in [2.75, 3.05) is 13.7 Å². The molecule has 0 aromatic heterocycles. The molecule has 7 heteroatoms. The molecule has 24 heavy (non-hydrogen) atoms. The van der Waals surface area contributed by atoms with E-state index in [4.69, 9.17) is 14.7 Å². The van der Waals surface area contributed by atoms with Crippen molar-refractivity contribution >= 4 is 12.1 Å². The average molecular weight is 325 g/mol. The summed E-state index contributed by atoms with van der Waals surface area (Å²) in [5.74, 6) is 0.181. The van der Waals surface area contributed by atoms with Crippen LogP contribution in [0.5, 0.6) is 17.2 Å². The summed E-state index contributed by atoms with van der Waals surface area (Å²) < 4.78 is 10.2. The average Bonchev–Trinajstić information content (AvgIpc) is 2.60. The zero-order valence-electron chi connectivity index (χ0n) is 12.9. The summed E-state index contributed by atoms with van der Waals surface area (Å²) in [6.07, 6.45) is 1.38. The smallest absolute Gasteiger partial charge is 0.277 e. The lowest BCUT2D eigenvalue weighted by Gasteiger charge is -2.06. The summed E-state index contributed by atoms with van der Waals surface area (Å²) in [5, 5.41) is 22.3. The highest BCUT2D eigenvalue weighted by atomic mass is 16.5. The highest BCUT2D eigenvalue weighted by Gasteiger charge is 2.05. The number of para-hydroxylation sites is 1. The Kier molecular flexibility index (Phi) is 5.75. The second-order valence-electron chi connectivity index (χ2n) is 4.62. The number of phenols is 1. The van der Waals surface area contributed by atoms with E-state index in [0.717, 1.165) is 0 Å². The van der Waals surface area contributed by atoms with Crippen LogP contribution in [-0.2, 0) is 4.79 Å². The number of hydrogen-bond donors (Lipinski definition) is 2. The van der Waals surface area contributed by atoms with Gasteiger partial charge in [0.1, 0.15) is 11.8 Å². The van der Waals surface area contributed by atoms with Crippen molar-refractivity contribution in [3.8, 4) is 23.3 Å². The number of nitrogens with one attached hydrogen (secondary N) is 1. The van der Waals surface area contributed by atoms with Crippen LogP contribution in [0.1, 0.15) is 11.1 Å². The number of nitrogens with zero attached hydrogens (tertiary/aromatic N) is 2. The van der Waals surface area contributed by atoms with Gasteiger partial charge in [-0.2, -0.15) is 10.4 Å². The number of hydrazone groups is 1. The van der Waals surface area contributed by atoms with E-state index in [-0.39, 0.29) is 12.4 Å². The molecule has 0 atom stereocenters. The second-order valence-corrected chi connectivity index (χ2v) is 4.62. The van der Waals surface area contributed by atoms with Gasteiger partial charge in [-0.25, -0.2) is 5.43 Å². The Morgan fingerprint density at radius 2 is 2.12 bits per heavy atom. The Hall–Kier alpha value is -3.53. The lowest BCUT2D eigenvalue weighted by molar-refractivity contribution is -0.123. The van der Waals surface area contributed by atoms with E-state index in [1.165, 1.54) is 19.4 Å². The van der Waals surface area contributed by atoms with Gasteiger partial charge in [-0.1, -0.05) is 12.1 Å². The summed E-state index contributed by atoms with van der Waals surface area (Å²) in [6, 6.07) is 13.3. The van der Waals surface area contributed by atoms with E-state index in [1.54, 1.807) is 36.4 Å². The predicted molar refractivity (Wildman–Crippen MR) is 87.0 cm³/mol. The van der Waals surface area contributed by atoms with Gasteiger partial charge in [-0.3, -0.25) is 4.79 Å². The molecule has 0 unspecified atom stereocenters. The van der Waals surface area contributed by atoms with Gasteiger partial charge in [-0.05, 0) is 35.9 Å². The number of ether oxygens (including phenoxy) is 2. The molecule has 0 aliphatic heterocycles. The number of hydrogen-bond acceptors (Lipinski definition) is 6. The summed E-state index contributed by atoms with van der Waals surface area (Å²) in [4.78, 5) is 11.7. The summed E-state index contributed by atoms with van der Waals surface area (Å²) in [7, 11) is 1.45. The van der Waals surface area contributed by atoms with Gasteiger partial charge >= 0.3 is 0 Å². The minimum absolute atomic E-state index is 0.0239. The molecule has 7 nitrogen and oxygen atoms in total. The molecular weight excluding hydrogens is 310 g/mol. The van der Waals surface area contributed by atoms with Crippen LogP contribution in [0.25, 0.3) is 0 Å². The number of rotatable bonds is 6. The molecule has 0 heterocycles. The van der Waals surface area contributed by atoms with Gasteiger partial charge in [0.2, 0.25) is 0 Å². The quantitative estimate of drug-likeness (QED) is 0.622. The molecule has 0 aliphatic rings. The first-order valence-corrected chi connectivity index (χ1v) is 6.95. The highest BCUT2D eigenvalue weighted by Crippen LogP contribution is 2.25. The first-order valence-electron chi connectivity index (χ1n) is 6.95. The van der Waals surface area contributed by atoms with E-state index in [9.17, 15) is 9.90 Å². The molecule has 0 bridgehead atoms. The van der Waals surface area contributed by atoms with Crippen molar-refractivity contribution in [3.63, 3.8) is 0 Å². The largest absolute Gasteiger partial charge is 0.504 e. The number of aromatic hydroxyl groups is 1. The van der Waals surface area contributed by atoms with Crippen molar-refractivity contribution in [1.29, 1.82) is 5.26 Å². The maximum atomic E-state index is 11.7. The Balaban J connectivity index is 1.87. The van der Waals surface area contributed by atoms with Crippen LogP contribution >= 0.6 is 0 Å². The van der Waals surface area contributed by atoms with E-state index < -0.39 is 5.91 Å². The molecule has 0 spiro atoms. The fraction of sp³-hybridized carbons (Fsp3) is 0.118. The van der Waals surface area contributed by atoms with Crippen molar-refractivity contribution in [2.24, 2.45) is 5.10 Å². The number of carbonyl (C=O) groups is 1. The summed E-state index contributed by atoms with van der Waals surface area (Å²) in [5.41, 5.74) is 3.23. The van der Waals surface area contributed by atoms with Crippen LogP contribution in [0.2, 0.25) is 0 Å². The Morgan fingerprint density at radius 3 is 2.83 bits per heavy atom. The molecular formula is C17H15N3O4. The van der Waals surface area contributed by atoms with Crippen molar-refractivity contribution in [1.82, 2.24) is 5.43 Å². The van der Waals surface area contributed by atoms with E-state index in [0.29, 0.717) is 22.6 Å². The third-order valence-corrected chi connectivity index (χ3v) is 2.97. The zero-order valence-corrected chi connectivity index (χ0v) is 12.9. The number of methoxy groups -OCH3 is 1. The lowest BCUT2D eigenvalue weighted by atomic mass is 10.2. The van der Waals surface area contributed by atoms with Crippen LogP contribution in [0, 0.1) is 11.3 Å². The number of amides is 1. The molecule has 0 saturated heterocycles. The monoisotopic (exact) mass is 325 g/mol. The standard InChI is InChI=1S/C17H15N3O4/c1-23-16-7-6-12(8-14(16)21)10-19-20-17(22)11-24-15-5-3-2-4-13(15)9-18/h2-8,10,21H,11H2,1H3,(H,20,22)/b19-10-. The first kappa shape index (κ1) is 16.8. The van der Waals surface area contributed by atoms with Crippen molar-refractivity contribution < 1.29 is 19.4 Å². The predicted octanol–water partition coefficient (Wildman–Crippen LogP) is 1.80. The summed E-state index contributed by atoms with van der Waals surface area (Å²) >= 11 is 0. The van der Waals surface area contributed by atoms with Gasteiger partial charge in [0.05, 0.1) is 18.9 Å². The maximum Gasteiger partial charge on any atom is 0.277 e. The van der Waals surface area contributed by atoms with E-state index >= 15 is 0 Å². The Labute approximate surface area is 138 Å². The maximum absolute atomic E-state index is 11.7. The number of phenolic OH excluding ortho intramolecular Hbond substituents is 1. The van der Waals surface area contributed by atoms with E-state index in [1.807, 2.05) is 6.07 Å².